The summed E-state index contributed by atoms with van der Waals surface area (Å²) in [6.07, 6.45) is 3.18. The zero-order valence-corrected chi connectivity index (χ0v) is 20.9. The molecule has 0 aliphatic carbocycles. The van der Waals surface area contributed by atoms with Crippen LogP contribution in [0.2, 0.25) is 0 Å². The smallest absolute Gasteiger partial charge is 0.293 e. The molecule has 3 aromatic carbocycles. The lowest BCUT2D eigenvalue weighted by molar-refractivity contribution is -0.384. The molecule has 1 heterocycles. The molecular formula is C26H28N4O6S. The van der Waals surface area contributed by atoms with Gasteiger partial charge in [-0.15, -0.1) is 0 Å². The second kappa shape index (κ2) is 11.4. The first-order chi connectivity index (χ1) is 17.8. The number of nitro groups is 1. The van der Waals surface area contributed by atoms with E-state index in [1.807, 2.05) is 0 Å². The summed E-state index contributed by atoms with van der Waals surface area (Å²) in [4.78, 5) is 25.0. The van der Waals surface area contributed by atoms with Crippen LogP contribution in [0.15, 0.2) is 76.5 Å². The third-order valence-electron chi connectivity index (χ3n) is 6.14. The zero-order chi connectivity index (χ0) is 26.4. The number of carbonyl (C=O) groups excluding carboxylic acids is 1. The number of benzene rings is 3. The highest BCUT2D eigenvalue weighted by molar-refractivity contribution is 7.91. The van der Waals surface area contributed by atoms with Gasteiger partial charge >= 0.3 is 0 Å². The lowest BCUT2D eigenvalue weighted by atomic mass is 10.2. The molecule has 0 atom stereocenters. The molecular weight excluding hydrogens is 496 g/mol. The number of likely N-dealkylation sites (tertiary alicyclic amines) is 1. The molecule has 0 bridgehead atoms. The Morgan fingerprint density at radius 3 is 2.46 bits per heavy atom. The normalized spacial score (nSPS) is 13.8. The maximum Gasteiger partial charge on any atom is 0.293 e. The van der Waals surface area contributed by atoms with Crippen molar-refractivity contribution in [2.75, 3.05) is 31.5 Å². The van der Waals surface area contributed by atoms with Crippen LogP contribution in [0.3, 0.4) is 0 Å². The predicted molar refractivity (Wildman–Crippen MR) is 139 cm³/mol. The molecule has 4 rings (SSSR count). The molecule has 1 aliphatic heterocycles. The van der Waals surface area contributed by atoms with Crippen molar-refractivity contribution in [1.82, 2.24) is 4.90 Å². The topological polar surface area (TPSA) is 145 Å². The number of hydrogen-bond donors (Lipinski definition) is 2. The van der Waals surface area contributed by atoms with Gasteiger partial charge in [-0.3, -0.25) is 14.9 Å². The Balaban J connectivity index is 1.64. The van der Waals surface area contributed by atoms with Crippen LogP contribution in [0.4, 0.5) is 11.4 Å². The summed E-state index contributed by atoms with van der Waals surface area (Å²) in [5, 5.41) is 14.9. The summed E-state index contributed by atoms with van der Waals surface area (Å²) in [6, 6.07) is 16.0. The van der Waals surface area contributed by atoms with Crippen LogP contribution in [0, 0.1) is 10.1 Å². The van der Waals surface area contributed by atoms with E-state index in [2.05, 4.69) is 10.2 Å². The first kappa shape index (κ1) is 26.1. The number of nitrogens with zero attached hydrogens (tertiary/aromatic N) is 2. The molecule has 3 N–H and O–H groups in total. The van der Waals surface area contributed by atoms with Crippen LogP contribution in [-0.2, 0) is 9.84 Å². The van der Waals surface area contributed by atoms with Gasteiger partial charge in [0.2, 0.25) is 9.84 Å². The third kappa shape index (κ3) is 6.07. The number of para-hydroxylation sites is 2. The largest absolute Gasteiger partial charge is 0.455 e. The van der Waals surface area contributed by atoms with Crippen molar-refractivity contribution < 1.29 is 22.9 Å². The average Bonchev–Trinajstić information content (AvgIpc) is 3.40. The fraction of sp³-hybridized carbons (Fsp3) is 0.269. The standard InChI is InChI=1S/C26H28N4O6S/c27-26(31)21-10-6-11-24(25(21)36-19-8-2-1-3-9-19)37(34,35)20-12-13-22(23(18-20)30(32)33)28-14-7-17-29-15-4-5-16-29/h1-3,6,8-13,18,28H,4-5,7,14-17H2,(H2,27,31). The van der Waals surface area contributed by atoms with E-state index in [-0.39, 0.29) is 32.5 Å². The lowest BCUT2D eigenvalue weighted by Crippen LogP contribution is -2.22. The molecule has 1 amide bonds. The number of rotatable bonds is 11. The number of carbonyl (C=O) groups is 1. The van der Waals surface area contributed by atoms with Gasteiger partial charge in [0.25, 0.3) is 11.6 Å². The number of hydrogen-bond acceptors (Lipinski definition) is 8. The second-order valence-corrected chi connectivity index (χ2v) is 10.6. The Kier molecular flexibility index (Phi) is 8.04. The Hall–Kier alpha value is -3.96. The number of amides is 1. The molecule has 1 aliphatic rings. The first-order valence-electron chi connectivity index (χ1n) is 11.9. The monoisotopic (exact) mass is 524 g/mol. The van der Waals surface area contributed by atoms with Crippen LogP contribution >= 0.6 is 0 Å². The number of nitrogens with two attached hydrogens (primary N) is 1. The predicted octanol–water partition coefficient (Wildman–Crippen LogP) is 4.22. The molecule has 0 spiro atoms. The maximum atomic E-state index is 13.6. The summed E-state index contributed by atoms with van der Waals surface area (Å²) < 4.78 is 33.1. The molecule has 10 nitrogen and oxygen atoms in total. The van der Waals surface area contributed by atoms with Crippen LogP contribution in [0.25, 0.3) is 0 Å². The maximum absolute atomic E-state index is 13.6. The quantitative estimate of drug-likeness (QED) is 0.215. The van der Waals surface area contributed by atoms with Gasteiger partial charge in [0.1, 0.15) is 16.3 Å². The van der Waals surface area contributed by atoms with Crippen LogP contribution in [0.5, 0.6) is 11.5 Å². The molecule has 0 aromatic heterocycles. The van der Waals surface area contributed by atoms with Gasteiger partial charge in [-0.25, -0.2) is 8.42 Å². The van der Waals surface area contributed by atoms with Crippen molar-refractivity contribution in [3.63, 3.8) is 0 Å². The number of nitro benzene ring substituents is 1. The summed E-state index contributed by atoms with van der Waals surface area (Å²) in [7, 11) is -4.33. The van der Waals surface area contributed by atoms with Gasteiger partial charge in [0.15, 0.2) is 5.75 Å². The number of nitrogens with one attached hydrogen (secondary N) is 1. The van der Waals surface area contributed by atoms with Crippen molar-refractivity contribution in [1.29, 1.82) is 0 Å². The van der Waals surface area contributed by atoms with Crippen LogP contribution < -0.4 is 15.8 Å². The Bertz CT molecular complexity index is 1390. The average molecular weight is 525 g/mol. The van der Waals surface area contributed by atoms with E-state index in [4.69, 9.17) is 10.5 Å². The molecule has 194 valence electrons. The van der Waals surface area contributed by atoms with E-state index < -0.39 is 20.7 Å². The molecule has 3 aromatic rings. The van der Waals surface area contributed by atoms with E-state index in [1.165, 1.54) is 43.2 Å². The fourth-order valence-corrected chi connectivity index (χ4v) is 5.69. The zero-order valence-electron chi connectivity index (χ0n) is 20.1. The molecule has 37 heavy (non-hydrogen) atoms. The Morgan fingerprint density at radius 2 is 1.78 bits per heavy atom. The summed E-state index contributed by atoms with van der Waals surface area (Å²) in [6.45, 7) is 3.55. The number of ether oxygens (including phenoxy) is 1. The Morgan fingerprint density at radius 1 is 1.05 bits per heavy atom. The Labute approximate surface area is 215 Å². The van der Waals surface area contributed by atoms with Gasteiger partial charge in [-0.2, -0.15) is 0 Å². The van der Waals surface area contributed by atoms with E-state index >= 15 is 0 Å². The van der Waals surface area contributed by atoms with Gasteiger partial charge in [0.05, 0.1) is 15.4 Å². The highest BCUT2D eigenvalue weighted by Crippen LogP contribution is 2.37. The molecule has 1 fully saturated rings. The minimum absolute atomic E-state index is 0.129. The number of sulfone groups is 1. The van der Waals surface area contributed by atoms with Gasteiger partial charge in [-0.05, 0) is 75.3 Å². The van der Waals surface area contributed by atoms with Crippen molar-refractivity contribution in [2.24, 2.45) is 5.73 Å². The molecule has 1 saturated heterocycles. The van der Waals surface area contributed by atoms with Gasteiger partial charge in [-0.1, -0.05) is 24.3 Å². The third-order valence-corrected chi connectivity index (χ3v) is 7.91. The summed E-state index contributed by atoms with van der Waals surface area (Å²) >= 11 is 0. The van der Waals surface area contributed by atoms with Crippen molar-refractivity contribution in [3.05, 3.63) is 82.4 Å². The van der Waals surface area contributed by atoms with Gasteiger partial charge in [0, 0.05) is 12.6 Å². The van der Waals surface area contributed by atoms with E-state index in [0.29, 0.717) is 12.3 Å². The second-order valence-electron chi connectivity index (χ2n) is 8.68. The molecule has 11 heteroatoms. The molecule has 0 unspecified atom stereocenters. The highest BCUT2D eigenvalue weighted by Gasteiger charge is 2.29. The molecule has 0 saturated carbocycles. The summed E-state index contributed by atoms with van der Waals surface area (Å²) in [5.74, 6) is -0.817. The van der Waals surface area contributed by atoms with Crippen molar-refractivity contribution >= 4 is 27.1 Å². The number of anilines is 1. The minimum Gasteiger partial charge on any atom is -0.455 e. The van der Waals surface area contributed by atoms with E-state index in [0.717, 1.165) is 32.1 Å². The fourth-order valence-electron chi connectivity index (χ4n) is 4.27. The number of primary amides is 1. The van der Waals surface area contributed by atoms with E-state index in [9.17, 15) is 23.3 Å². The first-order valence-corrected chi connectivity index (χ1v) is 13.4. The minimum atomic E-state index is -4.33. The molecule has 0 radical (unpaired) electrons. The highest BCUT2D eigenvalue weighted by atomic mass is 32.2. The lowest BCUT2D eigenvalue weighted by Gasteiger charge is -2.16. The van der Waals surface area contributed by atoms with E-state index in [1.54, 1.807) is 30.3 Å². The van der Waals surface area contributed by atoms with Crippen molar-refractivity contribution in [3.8, 4) is 11.5 Å². The van der Waals surface area contributed by atoms with Crippen molar-refractivity contribution in [2.45, 2.75) is 29.1 Å². The van der Waals surface area contributed by atoms with Crippen LogP contribution in [0.1, 0.15) is 29.6 Å². The SMILES string of the molecule is NC(=O)c1cccc(S(=O)(=O)c2ccc(NCCCN3CCCC3)c([N+](=O)[O-])c2)c1Oc1ccccc1. The van der Waals surface area contributed by atoms with Gasteiger partial charge < -0.3 is 20.7 Å². The van der Waals surface area contributed by atoms with Crippen LogP contribution in [-0.4, -0.2) is 50.3 Å². The summed E-state index contributed by atoms with van der Waals surface area (Å²) in [5.41, 5.74) is 5.23.